The van der Waals surface area contributed by atoms with Crippen molar-refractivity contribution in [1.82, 2.24) is 19.4 Å². The molecule has 2 aliphatic rings. The van der Waals surface area contributed by atoms with Gasteiger partial charge in [0.05, 0.1) is 11.2 Å². The van der Waals surface area contributed by atoms with Gasteiger partial charge in [0.15, 0.2) is 28.6 Å². The molecule has 1 fully saturated rings. The van der Waals surface area contributed by atoms with Gasteiger partial charge in [-0.25, -0.2) is 9.97 Å². The van der Waals surface area contributed by atoms with Crippen LogP contribution >= 0.6 is 11.8 Å². The van der Waals surface area contributed by atoms with Gasteiger partial charge in [-0.3, -0.25) is 9.59 Å². The van der Waals surface area contributed by atoms with Crippen LogP contribution in [0.1, 0.15) is 33.1 Å². The molecule has 11 nitrogen and oxygen atoms in total. The number of nitrogen functional groups attached to an aromatic ring is 1. The fourth-order valence-electron chi connectivity index (χ4n) is 5.10. The number of aryl methyl sites for hydroxylation is 1. The number of ether oxygens (including phenoxy) is 3. The van der Waals surface area contributed by atoms with E-state index in [1.807, 2.05) is 37.2 Å². The summed E-state index contributed by atoms with van der Waals surface area (Å²) in [5.41, 5.74) is 8.85. The van der Waals surface area contributed by atoms with Gasteiger partial charge in [0.25, 0.3) is 5.91 Å². The Morgan fingerprint density at radius 1 is 1.23 bits per heavy atom. The molecule has 0 spiro atoms. The molecule has 39 heavy (non-hydrogen) atoms. The maximum absolute atomic E-state index is 12.6. The van der Waals surface area contributed by atoms with Gasteiger partial charge in [-0.2, -0.15) is 0 Å². The first-order valence-electron chi connectivity index (χ1n) is 13.1. The third-order valence-corrected chi connectivity index (χ3v) is 8.22. The van der Waals surface area contributed by atoms with E-state index in [-0.39, 0.29) is 12.7 Å². The summed E-state index contributed by atoms with van der Waals surface area (Å²) in [6.07, 6.45) is 3.68. The molecule has 4 heterocycles. The van der Waals surface area contributed by atoms with Crippen LogP contribution in [0.3, 0.4) is 0 Å². The highest BCUT2D eigenvalue weighted by Gasteiger charge is 2.28. The first-order chi connectivity index (χ1) is 18.7. The number of hydrogen-bond donors (Lipinski definition) is 1. The van der Waals surface area contributed by atoms with Crippen LogP contribution in [-0.2, 0) is 20.9 Å². The molecule has 208 valence electrons. The number of nitrogens with two attached hydrogens (primary N) is 1. The molecule has 1 saturated heterocycles. The molecule has 2 aromatic heterocycles. The topological polar surface area (TPSA) is 125 Å². The predicted octanol–water partition coefficient (Wildman–Crippen LogP) is 3.54. The summed E-state index contributed by atoms with van der Waals surface area (Å²) in [5, 5.41) is 0.828. The number of carbonyl (C=O) groups excluding carboxylic acids is 2. The summed E-state index contributed by atoms with van der Waals surface area (Å²) >= 11 is 1.57. The van der Waals surface area contributed by atoms with Crippen molar-refractivity contribution in [3.63, 3.8) is 0 Å². The number of pyridine rings is 1. The van der Waals surface area contributed by atoms with E-state index in [4.69, 9.17) is 24.9 Å². The molecule has 5 rings (SSSR count). The van der Waals surface area contributed by atoms with Gasteiger partial charge >= 0.3 is 5.97 Å². The minimum Gasteiger partial charge on any atom is -0.454 e. The van der Waals surface area contributed by atoms with Crippen molar-refractivity contribution < 1.29 is 23.8 Å². The number of nitrogens with zero attached hydrogens (tertiary/aromatic N) is 5. The Morgan fingerprint density at radius 2 is 1.95 bits per heavy atom. The first kappa shape index (κ1) is 26.9. The lowest BCUT2D eigenvalue weighted by Crippen LogP contribution is -2.44. The lowest BCUT2D eigenvalue weighted by Gasteiger charge is -2.33. The quantitative estimate of drug-likeness (QED) is 0.413. The number of carbonyl (C=O) groups is 2. The number of aromatic nitrogens is 3. The normalized spacial score (nSPS) is 15.9. The number of esters is 1. The Hall–Kier alpha value is -3.67. The average Bonchev–Trinajstić information content (AvgIpc) is 3.51. The number of anilines is 2. The van der Waals surface area contributed by atoms with E-state index in [0.717, 1.165) is 58.6 Å². The van der Waals surface area contributed by atoms with E-state index in [9.17, 15) is 9.59 Å². The van der Waals surface area contributed by atoms with Gasteiger partial charge in [-0.1, -0.05) is 0 Å². The van der Waals surface area contributed by atoms with Crippen molar-refractivity contribution in [1.29, 1.82) is 0 Å². The van der Waals surface area contributed by atoms with Crippen molar-refractivity contribution >= 4 is 46.2 Å². The average molecular weight is 555 g/mol. The smallest absolute Gasteiger partial charge is 0.303 e. The summed E-state index contributed by atoms with van der Waals surface area (Å²) in [6, 6.07) is 5.94. The van der Waals surface area contributed by atoms with Crippen molar-refractivity contribution in [3.8, 4) is 11.5 Å². The fraction of sp³-hybridized carbons (Fsp3) is 0.481. The number of imidazole rings is 1. The molecule has 0 unspecified atom stereocenters. The second-order valence-electron chi connectivity index (χ2n) is 10.1. The molecule has 1 amide bonds. The largest absolute Gasteiger partial charge is 0.454 e. The zero-order valence-corrected chi connectivity index (χ0v) is 23.5. The molecule has 1 aromatic carbocycles. The Morgan fingerprint density at radius 3 is 2.64 bits per heavy atom. The van der Waals surface area contributed by atoms with Crippen LogP contribution in [-0.4, -0.2) is 71.4 Å². The SMILES string of the molecule is CC(=O)O[C@@H](C)C(=O)N1CCC(CCn2c(Sc3cc4c(cc3N(C)C)OCO4)nc3c(N)nccc32)CC1. The van der Waals surface area contributed by atoms with Gasteiger partial charge in [-0.05, 0) is 49.9 Å². The predicted molar refractivity (Wildman–Crippen MR) is 148 cm³/mol. The van der Waals surface area contributed by atoms with Crippen molar-refractivity contribution in [2.75, 3.05) is 44.6 Å². The number of benzene rings is 1. The standard InChI is InChI=1S/C27H34N6O5S/c1-16(38-17(2)34)26(35)32-10-6-18(7-11-32)8-12-33-19-5-9-29-25(28)24(19)30-27(33)39-23-14-22-21(36-15-37-22)13-20(23)31(3)4/h5,9,13-14,16,18H,6-8,10-12,15H2,1-4H3,(H2,28,29)/t16-/m0/s1. The molecule has 1 atom stereocenters. The van der Waals surface area contributed by atoms with Gasteiger partial charge in [0, 0.05) is 63.9 Å². The van der Waals surface area contributed by atoms with Gasteiger partial charge < -0.3 is 34.3 Å². The van der Waals surface area contributed by atoms with E-state index in [1.54, 1.807) is 29.8 Å². The van der Waals surface area contributed by atoms with E-state index in [2.05, 4.69) is 9.55 Å². The molecule has 2 N–H and O–H groups in total. The maximum atomic E-state index is 12.6. The summed E-state index contributed by atoms with van der Waals surface area (Å²) in [4.78, 5) is 37.8. The Bertz CT molecular complexity index is 1380. The molecule has 3 aromatic rings. The molecule has 0 saturated carbocycles. The summed E-state index contributed by atoms with van der Waals surface area (Å²) < 4.78 is 18.5. The Balaban J connectivity index is 1.33. The van der Waals surface area contributed by atoms with Crippen LogP contribution < -0.4 is 20.1 Å². The van der Waals surface area contributed by atoms with Crippen LogP contribution in [0.15, 0.2) is 34.4 Å². The van der Waals surface area contributed by atoms with Crippen molar-refractivity contribution in [2.45, 2.75) is 55.8 Å². The van der Waals surface area contributed by atoms with E-state index >= 15 is 0 Å². The highest BCUT2D eigenvalue weighted by molar-refractivity contribution is 7.99. The summed E-state index contributed by atoms with van der Waals surface area (Å²) in [6.45, 7) is 5.22. The minimum atomic E-state index is -0.752. The maximum Gasteiger partial charge on any atom is 0.303 e. The van der Waals surface area contributed by atoms with Crippen molar-refractivity contribution in [3.05, 3.63) is 24.4 Å². The van der Waals surface area contributed by atoms with E-state index in [1.165, 1.54) is 6.92 Å². The Labute approximate surface area is 231 Å². The van der Waals surface area contributed by atoms with Crippen LogP contribution in [0.4, 0.5) is 11.5 Å². The Kier molecular flexibility index (Phi) is 7.74. The molecular weight excluding hydrogens is 520 g/mol. The van der Waals surface area contributed by atoms with E-state index < -0.39 is 12.1 Å². The number of piperidine rings is 1. The lowest BCUT2D eigenvalue weighted by molar-refractivity contribution is -0.158. The second kappa shape index (κ2) is 11.2. The highest BCUT2D eigenvalue weighted by atomic mass is 32.2. The van der Waals surface area contributed by atoms with Crippen LogP contribution in [0.25, 0.3) is 11.0 Å². The number of fused-ring (bicyclic) bond motifs is 2. The van der Waals surface area contributed by atoms with Crippen molar-refractivity contribution in [2.24, 2.45) is 5.92 Å². The van der Waals surface area contributed by atoms with Crippen LogP contribution in [0.2, 0.25) is 0 Å². The fourth-order valence-corrected chi connectivity index (χ4v) is 6.24. The summed E-state index contributed by atoms with van der Waals surface area (Å²) in [5.74, 6) is 1.73. The lowest BCUT2D eigenvalue weighted by atomic mass is 9.93. The van der Waals surface area contributed by atoms with Crippen LogP contribution in [0.5, 0.6) is 11.5 Å². The minimum absolute atomic E-state index is 0.133. The number of amides is 1. The monoisotopic (exact) mass is 554 g/mol. The molecular formula is C27H34N6O5S. The highest BCUT2D eigenvalue weighted by Crippen LogP contribution is 2.44. The molecule has 12 heteroatoms. The number of rotatable bonds is 8. The summed E-state index contributed by atoms with van der Waals surface area (Å²) in [7, 11) is 3.99. The molecule has 0 bridgehead atoms. The van der Waals surface area contributed by atoms with E-state index in [0.29, 0.717) is 30.3 Å². The number of likely N-dealkylation sites (tertiary alicyclic amines) is 1. The molecule has 2 aliphatic heterocycles. The number of hydrogen-bond acceptors (Lipinski definition) is 10. The molecule has 0 aliphatic carbocycles. The zero-order chi connectivity index (χ0) is 27.7. The van der Waals surface area contributed by atoms with Gasteiger partial charge in [0.2, 0.25) is 6.79 Å². The van der Waals surface area contributed by atoms with Crippen LogP contribution in [0, 0.1) is 5.92 Å². The first-order valence-corrected chi connectivity index (χ1v) is 13.9. The molecule has 0 radical (unpaired) electrons. The zero-order valence-electron chi connectivity index (χ0n) is 22.7. The van der Waals surface area contributed by atoms with Gasteiger partial charge in [-0.15, -0.1) is 0 Å². The third kappa shape index (κ3) is 5.70. The van der Waals surface area contributed by atoms with Gasteiger partial charge in [0.1, 0.15) is 5.52 Å². The second-order valence-corrected chi connectivity index (χ2v) is 11.1. The third-order valence-electron chi connectivity index (χ3n) is 7.18.